The molecule has 1 aromatic carbocycles. The predicted molar refractivity (Wildman–Crippen MR) is 80.3 cm³/mol. The van der Waals surface area contributed by atoms with Gasteiger partial charge in [-0.2, -0.15) is 0 Å². The smallest absolute Gasteiger partial charge is 0.262 e. The molecule has 0 aromatic heterocycles. The summed E-state index contributed by atoms with van der Waals surface area (Å²) in [5.41, 5.74) is 5.14. The van der Waals surface area contributed by atoms with Crippen molar-refractivity contribution in [1.82, 2.24) is 4.90 Å². The van der Waals surface area contributed by atoms with Crippen molar-refractivity contribution in [2.45, 2.75) is 32.2 Å². The average Bonchev–Trinajstić information content (AvgIpc) is 2.71. The van der Waals surface area contributed by atoms with Crippen molar-refractivity contribution < 1.29 is 19.1 Å². The summed E-state index contributed by atoms with van der Waals surface area (Å²) in [5.74, 6) is -0.971. The Morgan fingerprint density at radius 1 is 1.18 bits per heavy atom. The molecule has 6 heteroatoms. The van der Waals surface area contributed by atoms with Gasteiger partial charge in [-0.05, 0) is 32.4 Å². The van der Waals surface area contributed by atoms with Crippen molar-refractivity contribution in [3.63, 3.8) is 0 Å². The number of rotatable bonds is 7. The van der Waals surface area contributed by atoms with E-state index in [-0.39, 0.29) is 30.7 Å². The maximum absolute atomic E-state index is 12.4. The topological polar surface area (TPSA) is 89.7 Å². The van der Waals surface area contributed by atoms with Gasteiger partial charge in [0.05, 0.1) is 23.3 Å². The molecule has 0 fully saturated rings. The van der Waals surface area contributed by atoms with E-state index in [0.29, 0.717) is 24.2 Å². The van der Waals surface area contributed by atoms with Crippen molar-refractivity contribution in [2.75, 3.05) is 13.2 Å². The van der Waals surface area contributed by atoms with E-state index in [2.05, 4.69) is 0 Å². The van der Waals surface area contributed by atoms with E-state index in [1.165, 1.54) is 4.90 Å². The zero-order chi connectivity index (χ0) is 16.3. The van der Waals surface area contributed by atoms with Gasteiger partial charge in [0.15, 0.2) is 0 Å². The minimum Gasteiger partial charge on any atom is -0.379 e. The van der Waals surface area contributed by atoms with Crippen LogP contribution in [0.5, 0.6) is 0 Å². The van der Waals surface area contributed by atoms with E-state index in [9.17, 15) is 14.4 Å². The van der Waals surface area contributed by atoms with Crippen LogP contribution in [0.1, 0.15) is 47.4 Å². The first-order valence-electron chi connectivity index (χ1n) is 7.18. The lowest BCUT2D eigenvalue weighted by Crippen LogP contribution is -2.50. The third-order valence-electron chi connectivity index (χ3n) is 3.57. The molecule has 3 amide bonds. The first-order valence-corrected chi connectivity index (χ1v) is 7.18. The summed E-state index contributed by atoms with van der Waals surface area (Å²) >= 11 is 0. The van der Waals surface area contributed by atoms with Gasteiger partial charge in [-0.15, -0.1) is 0 Å². The highest BCUT2D eigenvalue weighted by Crippen LogP contribution is 2.29. The molecule has 0 unspecified atom stereocenters. The van der Waals surface area contributed by atoms with Crippen LogP contribution in [0.2, 0.25) is 0 Å². The summed E-state index contributed by atoms with van der Waals surface area (Å²) in [6.07, 6.45) is 0.779. The summed E-state index contributed by atoms with van der Waals surface area (Å²) in [6.45, 7) is 4.12. The van der Waals surface area contributed by atoms with E-state index in [0.717, 1.165) is 0 Å². The molecule has 0 atom stereocenters. The van der Waals surface area contributed by atoms with Crippen molar-refractivity contribution in [3.8, 4) is 0 Å². The quantitative estimate of drug-likeness (QED) is 0.608. The highest BCUT2D eigenvalue weighted by molar-refractivity contribution is 6.21. The highest BCUT2D eigenvalue weighted by Gasteiger charge is 2.43. The average molecular weight is 304 g/mol. The third kappa shape index (κ3) is 3.17. The maximum Gasteiger partial charge on any atom is 0.262 e. The van der Waals surface area contributed by atoms with Gasteiger partial charge in [0.25, 0.3) is 11.8 Å². The number of ether oxygens (including phenoxy) is 1. The van der Waals surface area contributed by atoms with Crippen LogP contribution in [0.4, 0.5) is 0 Å². The molecule has 0 aliphatic carbocycles. The second-order valence-electron chi connectivity index (χ2n) is 5.93. The lowest BCUT2D eigenvalue weighted by atomic mass is 10.0. The van der Waals surface area contributed by atoms with E-state index >= 15 is 0 Å². The summed E-state index contributed by atoms with van der Waals surface area (Å²) < 4.78 is 5.50. The molecule has 0 spiro atoms. The fraction of sp³-hybridized carbons (Fsp3) is 0.438. The number of nitrogens with two attached hydrogens (primary N) is 1. The predicted octanol–water partition coefficient (Wildman–Crippen LogP) is 1.34. The van der Waals surface area contributed by atoms with Crippen LogP contribution in [0.15, 0.2) is 24.3 Å². The summed E-state index contributed by atoms with van der Waals surface area (Å²) in [6, 6.07) is 6.78. The number of imide groups is 1. The molecule has 0 saturated carbocycles. The standard InChI is InChI=1S/C16H20N2O4/c1-16(2,10-22-9-5-8-13(17)19)18-14(20)11-6-3-4-7-12(11)15(18)21/h3-4,6-7H,5,8-10H2,1-2H3,(H2,17,19). The fourth-order valence-corrected chi connectivity index (χ4v) is 2.47. The second kappa shape index (κ2) is 6.27. The lowest BCUT2D eigenvalue weighted by molar-refractivity contribution is -0.118. The molecule has 118 valence electrons. The number of hydrogen-bond acceptors (Lipinski definition) is 4. The van der Waals surface area contributed by atoms with E-state index in [1.807, 2.05) is 0 Å². The molecule has 6 nitrogen and oxygen atoms in total. The molecule has 2 rings (SSSR count). The molecule has 1 heterocycles. The summed E-state index contributed by atoms with van der Waals surface area (Å²) in [7, 11) is 0. The van der Waals surface area contributed by atoms with Gasteiger partial charge in [-0.1, -0.05) is 12.1 Å². The Hall–Kier alpha value is -2.21. The Morgan fingerprint density at radius 3 is 2.23 bits per heavy atom. The van der Waals surface area contributed by atoms with Crippen LogP contribution < -0.4 is 5.73 Å². The Morgan fingerprint density at radius 2 is 1.73 bits per heavy atom. The van der Waals surface area contributed by atoms with E-state index in [4.69, 9.17) is 10.5 Å². The number of benzene rings is 1. The van der Waals surface area contributed by atoms with Gasteiger partial charge in [-0.25, -0.2) is 0 Å². The third-order valence-corrected chi connectivity index (χ3v) is 3.57. The van der Waals surface area contributed by atoms with Crippen LogP contribution >= 0.6 is 0 Å². The molecular weight excluding hydrogens is 284 g/mol. The van der Waals surface area contributed by atoms with Gasteiger partial charge in [0.1, 0.15) is 0 Å². The van der Waals surface area contributed by atoms with Gasteiger partial charge in [-0.3, -0.25) is 19.3 Å². The molecule has 1 aromatic rings. The SMILES string of the molecule is CC(C)(COCCCC(N)=O)N1C(=O)c2ccccc2C1=O. The van der Waals surface area contributed by atoms with Gasteiger partial charge < -0.3 is 10.5 Å². The van der Waals surface area contributed by atoms with Crippen LogP contribution in [0.25, 0.3) is 0 Å². The summed E-state index contributed by atoms with van der Waals surface area (Å²) in [5, 5.41) is 0. The Kier molecular flexibility index (Phi) is 4.61. The Balaban J connectivity index is 2.00. The molecule has 0 radical (unpaired) electrons. The number of hydrogen-bond donors (Lipinski definition) is 1. The van der Waals surface area contributed by atoms with Crippen molar-refractivity contribution in [2.24, 2.45) is 5.73 Å². The molecule has 1 aliphatic heterocycles. The number of carbonyl (C=O) groups is 3. The highest BCUT2D eigenvalue weighted by atomic mass is 16.5. The molecule has 2 N–H and O–H groups in total. The van der Waals surface area contributed by atoms with Gasteiger partial charge in [0, 0.05) is 13.0 Å². The molecule has 22 heavy (non-hydrogen) atoms. The van der Waals surface area contributed by atoms with Crippen LogP contribution in [0, 0.1) is 0 Å². The first kappa shape index (κ1) is 16.2. The number of carbonyl (C=O) groups excluding carboxylic acids is 3. The van der Waals surface area contributed by atoms with Crippen molar-refractivity contribution >= 4 is 17.7 Å². The minimum absolute atomic E-state index is 0.206. The number of fused-ring (bicyclic) bond motifs is 1. The number of amides is 3. The number of primary amides is 1. The van der Waals surface area contributed by atoms with Crippen LogP contribution in [-0.4, -0.2) is 41.4 Å². The maximum atomic E-state index is 12.4. The largest absolute Gasteiger partial charge is 0.379 e. The van der Waals surface area contributed by atoms with E-state index < -0.39 is 5.54 Å². The van der Waals surface area contributed by atoms with Gasteiger partial charge >= 0.3 is 0 Å². The van der Waals surface area contributed by atoms with E-state index in [1.54, 1.807) is 38.1 Å². The fourth-order valence-electron chi connectivity index (χ4n) is 2.47. The Labute approximate surface area is 129 Å². The van der Waals surface area contributed by atoms with Crippen molar-refractivity contribution in [3.05, 3.63) is 35.4 Å². The van der Waals surface area contributed by atoms with Crippen molar-refractivity contribution in [1.29, 1.82) is 0 Å². The van der Waals surface area contributed by atoms with Crippen LogP contribution in [-0.2, 0) is 9.53 Å². The summed E-state index contributed by atoms with van der Waals surface area (Å²) in [4.78, 5) is 36.7. The normalized spacial score (nSPS) is 14.4. The lowest BCUT2D eigenvalue weighted by Gasteiger charge is -2.33. The molecule has 1 aliphatic rings. The first-order chi connectivity index (χ1) is 10.3. The van der Waals surface area contributed by atoms with Gasteiger partial charge in [0.2, 0.25) is 5.91 Å². The van der Waals surface area contributed by atoms with Crippen LogP contribution in [0.3, 0.4) is 0 Å². The Bertz CT molecular complexity index is 575. The minimum atomic E-state index is -0.764. The molecule has 0 saturated heterocycles. The zero-order valence-electron chi connectivity index (χ0n) is 12.8. The molecular formula is C16H20N2O4. The monoisotopic (exact) mass is 304 g/mol. The molecule has 0 bridgehead atoms. The zero-order valence-corrected chi connectivity index (χ0v) is 12.8. The second-order valence-corrected chi connectivity index (χ2v) is 5.93. The number of nitrogens with zero attached hydrogens (tertiary/aromatic N) is 1.